The lowest BCUT2D eigenvalue weighted by Gasteiger charge is -2.44. The van der Waals surface area contributed by atoms with Crippen molar-refractivity contribution in [3.05, 3.63) is 41.7 Å². The number of carbonyl (C=O) groups excluding carboxylic acids is 2. The van der Waals surface area contributed by atoms with Crippen molar-refractivity contribution in [3.8, 4) is 0 Å². The predicted molar refractivity (Wildman–Crippen MR) is 98.0 cm³/mol. The number of hydrogen-bond donors (Lipinski definition) is 3. The minimum Gasteiger partial charge on any atom is -0.480 e. The fourth-order valence-electron chi connectivity index (χ4n) is 3.76. The third-order valence-corrected chi connectivity index (χ3v) is 6.57. The van der Waals surface area contributed by atoms with Crippen molar-refractivity contribution in [2.45, 2.75) is 42.0 Å². The van der Waals surface area contributed by atoms with Gasteiger partial charge in [0.1, 0.15) is 17.5 Å². The van der Waals surface area contributed by atoms with Gasteiger partial charge in [0, 0.05) is 4.75 Å². The molecular weight excluding hydrogens is 384 g/mol. The molecule has 4 unspecified atom stereocenters. The summed E-state index contributed by atoms with van der Waals surface area (Å²) in [5.74, 6) is -3.16. The first-order valence-electron chi connectivity index (χ1n) is 8.63. The van der Waals surface area contributed by atoms with Gasteiger partial charge in [-0.15, -0.1) is 16.9 Å². The largest absolute Gasteiger partial charge is 0.480 e. The van der Waals surface area contributed by atoms with Crippen molar-refractivity contribution >= 4 is 29.5 Å². The molecule has 28 heavy (non-hydrogen) atoms. The molecule has 4 atom stereocenters. The summed E-state index contributed by atoms with van der Waals surface area (Å²) in [7, 11) is 0. The number of H-pyrrole nitrogens is 1. The van der Waals surface area contributed by atoms with Gasteiger partial charge in [0.2, 0.25) is 11.8 Å². The van der Waals surface area contributed by atoms with Gasteiger partial charge in [-0.2, -0.15) is 0 Å². The lowest BCUT2D eigenvalue weighted by Crippen LogP contribution is -2.68. The molecule has 0 radical (unpaired) electrons. The van der Waals surface area contributed by atoms with Crippen LogP contribution in [0, 0.1) is 0 Å². The minimum atomic E-state index is -1.38. The monoisotopic (exact) mass is 402 g/mol. The molecule has 2 aliphatic rings. The zero-order chi connectivity index (χ0) is 20.1. The van der Waals surface area contributed by atoms with Crippen LogP contribution in [0.5, 0.6) is 0 Å². The molecule has 3 heterocycles. The van der Waals surface area contributed by atoms with E-state index in [1.165, 1.54) is 11.8 Å². The molecule has 2 fully saturated rings. The normalized spacial score (nSPS) is 26.3. The lowest BCUT2D eigenvalue weighted by atomic mass is 9.94. The summed E-state index contributed by atoms with van der Waals surface area (Å²) in [5, 5.41) is 25.6. The number of rotatable bonds is 5. The summed E-state index contributed by atoms with van der Waals surface area (Å²) in [6.07, 6.45) is 0. The second kappa shape index (κ2) is 6.59. The second-order valence-corrected chi connectivity index (χ2v) is 8.99. The van der Waals surface area contributed by atoms with Gasteiger partial charge >= 0.3 is 5.97 Å². The summed E-state index contributed by atoms with van der Waals surface area (Å²) in [4.78, 5) is 38.7. The Balaban J connectivity index is 1.54. The maximum absolute atomic E-state index is 12.8. The summed E-state index contributed by atoms with van der Waals surface area (Å²) >= 11 is 1.52. The summed E-state index contributed by atoms with van der Waals surface area (Å²) in [6.45, 7) is 3.94. The Bertz CT molecular complexity index is 919. The van der Waals surface area contributed by atoms with Crippen LogP contribution in [0.25, 0.3) is 0 Å². The number of nitrogens with zero attached hydrogens (tertiary/aromatic N) is 4. The topological polar surface area (TPSA) is 141 Å². The van der Waals surface area contributed by atoms with E-state index < -0.39 is 23.8 Å². The predicted octanol–water partition coefficient (Wildman–Crippen LogP) is 0.288. The van der Waals surface area contributed by atoms with Crippen molar-refractivity contribution in [1.82, 2.24) is 30.8 Å². The molecule has 2 aliphatic heterocycles. The first-order valence-corrected chi connectivity index (χ1v) is 9.51. The average molecular weight is 402 g/mol. The van der Waals surface area contributed by atoms with Gasteiger partial charge in [0.05, 0.1) is 0 Å². The van der Waals surface area contributed by atoms with Gasteiger partial charge in [0.15, 0.2) is 11.7 Å². The highest BCUT2D eigenvalue weighted by molar-refractivity contribution is 8.01. The Hall–Kier alpha value is -2.95. The van der Waals surface area contributed by atoms with E-state index in [0.717, 1.165) is 0 Å². The molecule has 0 saturated carbocycles. The summed E-state index contributed by atoms with van der Waals surface area (Å²) in [6, 6.07) is 7.08. The number of amides is 2. The van der Waals surface area contributed by atoms with Gasteiger partial charge in [-0.05, 0) is 29.8 Å². The van der Waals surface area contributed by atoms with Crippen molar-refractivity contribution < 1.29 is 19.5 Å². The maximum Gasteiger partial charge on any atom is 0.320 e. The molecule has 3 N–H and O–H groups in total. The molecular formula is C17H18N6O4S. The molecule has 2 amide bonds. The number of tetrazole rings is 1. The number of fused-ring (bicyclic) bond motifs is 1. The summed E-state index contributed by atoms with van der Waals surface area (Å²) < 4.78 is -0.382. The van der Waals surface area contributed by atoms with E-state index in [2.05, 4.69) is 25.9 Å². The molecule has 2 saturated heterocycles. The standard InChI is InChI=1S/C17H18N6O4S/c1-17(2)11(12-19-21-22-20-12)23-14(25)10(15(23)28-17)18-13(24)9(16(26)27)8-6-4-3-5-7-8/h3-7,9-11,15H,1-2H3,(H,18,24)(H,26,27)(H,19,20,21,22). The molecule has 1 aromatic carbocycles. The van der Waals surface area contributed by atoms with Crippen LogP contribution in [0.2, 0.25) is 0 Å². The van der Waals surface area contributed by atoms with E-state index in [9.17, 15) is 19.5 Å². The summed E-state index contributed by atoms with van der Waals surface area (Å²) in [5.41, 5.74) is 0.362. The molecule has 0 bridgehead atoms. The number of hydrogen-bond acceptors (Lipinski definition) is 7. The van der Waals surface area contributed by atoms with E-state index >= 15 is 0 Å². The van der Waals surface area contributed by atoms with Crippen LogP contribution in [0.4, 0.5) is 0 Å². The molecule has 4 rings (SSSR count). The Kier molecular flexibility index (Phi) is 4.33. The van der Waals surface area contributed by atoms with Crippen LogP contribution in [-0.4, -0.2) is 64.6 Å². The van der Waals surface area contributed by atoms with Crippen molar-refractivity contribution in [3.63, 3.8) is 0 Å². The van der Waals surface area contributed by atoms with Crippen LogP contribution in [0.15, 0.2) is 30.3 Å². The van der Waals surface area contributed by atoms with Gasteiger partial charge < -0.3 is 15.3 Å². The molecule has 0 aliphatic carbocycles. The highest BCUT2D eigenvalue weighted by atomic mass is 32.2. The number of carbonyl (C=O) groups is 3. The Morgan fingerprint density at radius 1 is 1.32 bits per heavy atom. The number of aromatic amines is 1. The number of carboxylic acid groups (broad SMARTS) is 1. The fourth-order valence-corrected chi connectivity index (χ4v) is 5.40. The number of aliphatic carboxylic acids is 1. The van der Waals surface area contributed by atoms with Crippen LogP contribution < -0.4 is 5.32 Å². The van der Waals surface area contributed by atoms with Gasteiger partial charge in [-0.25, -0.2) is 5.10 Å². The second-order valence-electron chi connectivity index (χ2n) is 7.21. The van der Waals surface area contributed by atoms with Crippen LogP contribution in [0.3, 0.4) is 0 Å². The van der Waals surface area contributed by atoms with Crippen LogP contribution in [-0.2, 0) is 14.4 Å². The van der Waals surface area contributed by atoms with Gasteiger partial charge in [0.25, 0.3) is 0 Å². The lowest BCUT2D eigenvalue weighted by molar-refractivity contribution is -0.153. The molecule has 1 aromatic heterocycles. The third kappa shape index (κ3) is 2.82. The maximum atomic E-state index is 12.8. The minimum absolute atomic E-state index is 0.282. The van der Waals surface area contributed by atoms with E-state index in [1.807, 2.05) is 13.8 Å². The number of benzene rings is 1. The number of thioether (sulfide) groups is 1. The Labute approximate surface area is 164 Å². The van der Waals surface area contributed by atoms with Crippen LogP contribution in [0.1, 0.15) is 37.2 Å². The van der Waals surface area contributed by atoms with E-state index in [0.29, 0.717) is 11.4 Å². The quantitative estimate of drug-likeness (QED) is 0.479. The number of β-lactam (4-membered cyclic amide) rings is 1. The first-order chi connectivity index (χ1) is 13.3. The highest BCUT2D eigenvalue weighted by Gasteiger charge is 2.63. The van der Waals surface area contributed by atoms with Crippen molar-refractivity contribution in [2.75, 3.05) is 0 Å². The number of carboxylic acids is 1. The van der Waals surface area contributed by atoms with Crippen molar-refractivity contribution in [1.29, 1.82) is 0 Å². The zero-order valence-corrected chi connectivity index (χ0v) is 15.9. The first kappa shape index (κ1) is 18.4. The molecule has 2 aromatic rings. The third-order valence-electron chi connectivity index (χ3n) is 5.00. The van der Waals surface area contributed by atoms with Gasteiger partial charge in [-0.3, -0.25) is 14.4 Å². The molecule has 11 heteroatoms. The van der Waals surface area contributed by atoms with E-state index in [4.69, 9.17) is 0 Å². The number of nitrogens with one attached hydrogen (secondary N) is 2. The van der Waals surface area contributed by atoms with Gasteiger partial charge in [-0.1, -0.05) is 30.3 Å². The Morgan fingerprint density at radius 2 is 2.04 bits per heavy atom. The molecule has 0 spiro atoms. The molecule has 10 nitrogen and oxygen atoms in total. The highest BCUT2D eigenvalue weighted by Crippen LogP contribution is 2.56. The average Bonchev–Trinajstić information content (AvgIpc) is 3.24. The van der Waals surface area contributed by atoms with Crippen molar-refractivity contribution in [2.24, 2.45) is 0 Å². The fraction of sp³-hybridized carbons (Fsp3) is 0.412. The molecule has 146 valence electrons. The van der Waals surface area contributed by atoms with Crippen LogP contribution >= 0.6 is 11.8 Å². The smallest absolute Gasteiger partial charge is 0.320 e. The van der Waals surface area contributed by atoms with E-state index in [1.54, 1.807) is 35.2 Å². The number of aromatic nitrogens is 4. The zero-order valence-electron chi connectivity index (χ0n) is 15.1. The Morgan fingerprint density at radius 3 is 2.64 bits per heavy atom. The van der Waals surface area contributed by atoms with E-state index in [-0.39, 0.29) is 22.1 Å². The SMILES string of the molecule is CC1(C)SC2C(NC(=O)C(C(=O)O)c3ccccc3)C(=O)N2C1c1nnn[nH]1.